The molecule has 0 amide bonds. The minimum absolute atomic E-state index is 1.11. The molecule has 11 aromatic rings. The normalized spacial score (nSPS) is 11.6. The smallest absolute Gasteiger partial charge is 0.0554 e. The summed E-state index contributed by atoms with van der Waals surface area (Å²) in [6.45, 7) is 0. The Morgan fingerprint density at radius 1 is 0.400 bits per heavy atom. The van der Waals surface area contributed by atoms with Crippen LogP contribution in [0.15, 0.2) is 206 Å². The summed E-state index contributed by atoms with van der Waals surface area (Å²) >= 11 is 1.88. The van der Waals surface area contributed by atoms with E-state index in [1.54, 1.807) is 0 Å². The molecule has 0 unspecified atom stereocenters. The van der Waals surface area contributed by atoms with Crippen molar-refractivity contribution in [1.29, 1.82) is 0 Å². The lowest BCUT2D eigenvalue weighted by molar-refractivity contribution is 1.18. The van der Waals surface area contributed by atoms with Gasteiger partial charge in [-0.1, -0.05) is 146 Å². The van der Waals surface area contributed by atoms with Crippen LogP contribution in [0.2, 0.25) is 0 Å². The number of hydrogen-bond donors (Lipinski definition) is 0. The van der Waals surface area contributed by atoms with E-state index in [4.69, 9.17) is 0 Å². The molecule has 0 spiro atoms. The van der Waals surface area contributed by atoms with Gasteiger partial charge in [0, 0.05) is 53.6 Å². The number of para-hydroxylation sites is 3. The maximum atomic E-state index is 2.43. The topological polar surface area (TPSA) is 8.17 Å². The standard InChI is InChI=1S/C52H34N2S/c1-2-17-38(18-3-1)53(39-30-28-36(29-31-39)42-24-13-15-35-14-4-5-20-41(35)42)49-33-32-46-45-23-8-11-27-50(45)55-52(46)51(49)37-16-12-19-40(34-37)54-47-25-9-6-21-43(47)44-22-7-10-26-48(44)54/h1-34H. The Morgan fingerprint density at radius 2 is 1.02 bits per heavy atom. The van der Waals surface area contributed by atoms with Crippen molar-refractivity contribution in [1.82, 2.24) is 4.57 Å². The summed E-state index contributed by atoms with van der Waals surface area (Å²) in [6.07, 6.45) is 0. The van der Waals surface area contributed by atoms with E-state index in [2.05, 4.69) is 216 Å². The Bertz CT molecular complexity index is 3150. The Labute approximate surface area is 323 Å². The van der Waals surface area contributed by atoms with Gasteiger partial charge in [0.2, 0.25) is 0 Å². The first-order valence-corrected chi connectivity index (χ1v) is 19.6. The molecule has 0 fully saturated rings. The van der Waals surface area contributed by atoms with E-state index in [0.29, 0.717) is 0 Å². The zero-order valence-electron chi connectivity index (χ0n) is 29.9. The first-order chi connectivity index (χ1) is 27.3. The van der Waals surface area contributed by atoms with Crippen molar-refractivity contribution in [2.24, 2.45) is 0 Å². The molecule has 0 saturated carbocycles. The van der Waals surface area contributed by atoms with Crippen LogP contribution in [0, 0.1) is 0 Å². The van der Waals surface area contributed by atoms with Crippen LogP contribution in [-0.4, -0.2) is 4.57 Å². The molecule has 11 rings (SSSR count). The van der Waals surface area contributed by atoms with E-state index in [1.807, 2.05) is 11.3 Å². The summed E-state index contributed by atoms with van der Waals surface area (Å²) in [6, 6.07) is 75.2. The largest absolute Gasteiger partial charge is 0.310 e. The van der Waals surface area contributed by atoms with Crippen LogP contribution in [-0.2, 0) is 0 Å². The first kappa shape index (κ1) is 31.6. The highest BCUT2D eigenvalue weighted by Gasteiger charge is 2.22. The fraction of sp³-hybridized carbons (Fsp3) is 0. The second-order valence-corrected chi connectivity index (χ2v) is 15.2. The minimum atomic E-state index is 1.11. The van der Waals surface area contributed by atoms with E-state index in [-0.39, 0.29) is 0 Å². The molecule has 55 heavy (non-hydrogen) atoms. The van der Waals surface area contributed by atoms with Gasteiger partial charge in [-0.25, -0.2) is 0 Å². The molecular formula is C52H34N2S. The molecule has 2 heterocycles. The highest BCUT2D eigenvalue weighted by Crippen LogP contribution is 2.49. The quantitative estimate of drug-likeness (QED) is 0.166. The van der Waals surface area contributed by atoms with Gasteiger partial charge >= 0.3 is 0 Å². The Morgan fingerprint density at radius 3 is 1.80 bits per heavy atom. The molecule has 0 N–H and O–H groups in total. The second-order valence-electron chi connectivity index (χ2n) is 14.1. The van der Waals surface area contributed by atoms with Gasteiger partial charge in [-0.3, -0.25) is 0 Å². The van der Waals surface area contributed by atoms with Crippen molar-refractivity contribution in [3.63, 3.8) is 0 Å². The third-order valence-electron chi connectivity index (χ3n) is 11.0. The van der Waals surface area contributed by atoms with Gasteiger partial charge in [0.15, 0.2) is 0 Å². The number of nitrogens with zero attached hydrogens (tertiary/aromatic N) is 2. The second kappa shape index (κ2) is 12.9. The van der Waals surface area contributed by atoms with Crippen molar-refractivity contribution in [3.8, 4) is 27.9 Å². The molecule has 258 valence electrons. The molecule has 0 bridgehead atoms. The van der Waals surface area contributed by atoms with Crippen molar-refractivity contribution in [2.45, 2.75) is 0 Å². The molecule has 0 atom stereocenters. The predicted octanol–water partition coefficient (Wildman–Crippen LogP) is 15.1. The number of anilines is 3. The summed E-state index contributed by atoms with van der Waals surface area (Å²) < 4.78 is 4.99. The van der Waals surface area contributed by atoms with E-state index in [1.165, 1.54) is 75.0 Å². The van der Waals surface area contributed by atoms with Crippen LogP contribution in [0.4, 0.5) is 17.1 Å². The molecule has 0 aliphatic rings. The van der Waals surface area contributed by atoms with Gasteiger partial charge in [0.1, 0.15) is 0 Å². The van der Waals surface area contributed by atoms with Gasteiger partial charge in [0.25, 0.3) is 0 Å². The van der Waals surface area contributed by atoms with Gasteiger partial charge in [-0.2, -0.15) is 0 Å². The lowest BCUT2D eigenvalue weighted by Crippen LogP contribution is -2.11. The molecule has 0 aliphatic carbocycles. The van der Waals surface area contributed by atoms with Gasteiger partial charge in [-0.15, -0.1) is 11.3 Å². The summed E-state index contributed by atoms with van der Waals surface area (Å²) in [5.74, 6) is 0. The van der Waals surface area contributed by atoms with E-state index < -0.39 is 0 Å². The number of hydrogen-bond acceptors (Lipinski definition) is 2. The lowest BCUT2D eigenvalue weighted by atomic mass is 9.97. The Hall–Kier alpha value is -6.94. The summed E-state index contributed by atoms with van der Waals surface area (Å²) in [5.41, 5.74) is 11.8. The Balaban J connectivity index is 1.15. The zero-order chi connectivity index (χ0) is 36.3. The monoisotopic (exact) mass is 718 g/mol. The number of fused-ring (bicyclic) bond motifs is 7. The average Bonchev–Trinajstić information content (AvgIpc) is 3.80. The van der Waals surface area contributed by atoms with Crippen molar-refractivity contribution in [2.75, 3.05) is 4.90 Å². The molecule has 3 heteroatoms. The van der Waals surface area contributed by atoms with Crippen LogP contribution >= 0.6 is 11.3 Å². The van der Waals surface area contributed by atoms with Gasteiger partial charge in [0.05, 0.1) is 16.7 Å². The summed E-state index contributed by atoms with van der Waals surface area (Å²) in [4.78, 5) is 2.43. The summed E-state index contributed by atoms with van der Waals surface area (Å²) in [5, 5.41) is 7.61. The molecule has 2 nitrogen and oxygen atoms in total. The Kier molecular flexibility index (Phi) is 7.39. The maximum absolute atomic E-state index is 2.43. The molecule has 9 aromatic carbocycles. The minimum Gasteiger partial charge on any atom is -0.310 e. The van der Waals surface area contributed by atoms with E-state index in [0.717, 1.165) is 22.7 Å². The first-order valence-electron chi connectivity index (χ1n) is 18.8. The predicted molar refractivity (Wildman–Crippen MR) is 237 cm³/mol. The maximum Gasteiger partial charge on any atom is 0.0554 e. The molecule has 0 radical (unpaired) electrons. The molecule has 2 aromatic heterocycles. The number of benzene rings is 9. The highest BCUT2D eigenvalue weighted by molar-refractivity contribution is 7.26. The van der Waals surface area contributed by atoms with Gasteiger partial charge in [-0.05, 0) is 88.1 Å². The van der Waals surface area contributed by atoms with Crippen LogP contribution < -0.4 is 4.90 Å². The van der Waals surface area contributed by atoms with E-state index in [9.17, 15) is 0 Å². The van der Waals surface area contributed by atoms with Crippen molar-refractivity contribution < 1.29 is 0 Å². The fourth-order valence-electron chi connectivity index (χ4n) is 8.52. The van der Waals surface area contributed by atoms with Gasteiger partial charge < -0.3 is 9.47 Å². The van der Waals surface area contributed by atoms with Crippen molar-refractivity contribution in [3.05, 3.63) is 206 Å². The van der Waals surface area contributed by atoms with Crippen molar-refractivity contribution >= 4 is 81.1 Å². The summed E-state index contributed by atoms with van der Waals surface area (Å²) in [7, 11) is 0. The zero-order valence-corrected chi connectivity index (χ0v) is 30.7. The fourth-order valence-corrected chi connectivity index (χ4v) is 9.78. The van der Waals surface area contributed by atoms with Crippen LogP contribution in [0.3, 0.4) is 0 Å². The van der Waals surface area contributed by atoms with Crippen LogP contribution in [0.25, 0.3) is 80.7 Å². The molecule has 0 aliphatic heterocycles. The SMILES string of the molecule is c1ccc(N(c2ccc(-c3cccc4ccccc34)cc2)c2ccc3c(sc4ccccc43)c2-c2cccc(-n3c4ccccc4c4ccccc43)c2)cc1. The average molecular weight is 719 g/mol. The third kappa shape index (κ3) is 5.16. The van der Waals surface area contributed by atoms with Crippen LogP contribution in [0.5, 0.6) is 0 Å². The number of thiophene rings is 1. The third-order valence-corrected chi connectivity index (χ3v) is 12.2. The highest BCUT2D eigenvalue weighted by atomic mass is 32.1. The lowest BCUT2D eigenvalue weighted by Gasteiger charge is -2.28. The molecule has 0 saturated heterocycles. The number of aromatic nitrogens is 1. The van der Waals surface area contributed by atoms with E-state index >= 15 is 0 Å². The van der Waals surface area contributed by atoms with Crippen LogP contribution in [0.1, 0.15) is 0 Å². The number of rotatable bonds is 6. The molecular weight excluding hydrogens is 685 g/mol.